The molecule has 0 aliphatic heterocycles. The molecule has 0 spiro atoms. The van der Waals surface area contributed by atoms with Crippen LogP contribution in [-0.2, 0) is 8.85 Å². The van der Waals surface area contributed by atoms with E-state index in [2.05, 4.69) is 19.7 Å². The van der Waals surface area contributed by atoms with Crippen molar-refractivity contribution in [2.75, 3.05) is 19.8 Å². The minimum atomic E-state index is -1.85. The molecule has 0 aromatic carbocycles. The first kappa shape index (κ1) is 16.3. The van der Waals surface area contributed by atoms with E-state index in [0.29, 0.717) is 0 Å². The molecule has 0 aromatic rings. The van der Waals surface area contributed by atoms with Gasteiger partial charge in [-0.25, -0.2) is 0 Å². The van der Waals surface area contributed by atoms with Crippen molar-refractivity contribution in [3.05, 3.63) is 13.2 Å². The van der Waals surface area contributed by atoms with E-state index in [1.54, 1.807) is 0 Å². The van der Waals surface area contributed by atoms with E-state index >= 15 is 0 Å². The predicted molar refractivity (Wildman–Crippen MR) is 64.6 cm³/mol. The molecule has 0 saturated carbocycles. The highest BCUT2D eigenvalue weighted by molar-refractivity contribution is 6.66. The Morgan fingerprint density at radius 1 is 1.14 bits per heavy atom. The van der Waals surface area contributed by atoms with Crippen molar-refractivity contribution in [1.29, 1.82) is 0 Å². The van der Waals surface area contributed by atoms with Crippen LogP contribution in [0, 0.1) is 0 Å². The maximum atomic E-state index is 5.63. The van der Waals surface area contributed by atoms with Crippen LogP contribution in [0.1, 0.15) is 20.3 Å². The molecule has 0 atom stereocenters. The zero-order valence-corrected chi connectivity index (χ0v) is 10.8. The maximum absolute atomic E-state index is 5.63. The molecular formula is C10H25NO2Si. The third-order valence-electron chi connectivity index (χ3n) is 1.73. The monoisotopic (exact) mass is 219 g/mol. The van der Waals surface area contributed by atoms with Gasteiger partial charge in [-0.3, -0.25) is 0 Å². The number of hydrogen-bond acceptors (Lipinski definition) is 3. The summed E-state index contributed by atoms with van der Waals surface area (Å²) in [6.45, 7) is 14.3. The van der Waals surface area contributed by atoms with Gasteiger partial charge in [0.2, 0.25) is 0 Å². The first-order valence-corrected chi connectivity index (χ1v) is 7.69. The molecule has 3 nitrogen and oxygen atoms in total. The first-order chi connectivity index (χ1) is 6.68. The molecule has 0 bridgehead atoms. The zero-order chi connectivity index (χ0) is 11.4. The molecule has 2 N–H and O–H groups in total. The fourth-order valence-corrected chi connectivity index (χ4v) is 3.66. The maximum Gasteiger partial charge on any atom is 0.334 e. The molecule has 0 aliphatic carbocycles. The summed E-state index contributed by atoms with van der Waals surface area (Å²) in [6, 6.07) is 1.01. The van der Waals surface area contributed by atoms with Crippen LogP contribution in [0.2, 0.25) is 12.6 Å². The van der Waals surface area contributed by atoms with E-state index in [9.17, 15) is 0 Å². The van der Waals surface area contributed by atoms with Gasteiger partial charge in [0, 0.05) is 13.2 Å². The van der Waals surface area contributed by atoms with Gasteiger partial charge in [-0.2, -0.15) is 0 Å². The largest absolute Gasteiger partial charge is 0.395 e. The molecule has 86 valence electrons. The standard InChI is InChI=1S/C8H21NO2Si.C2H4/c1-4-10-12(3,11-5-2)8-6-7-9;1-2/h4-9H2,1-3H3;1-2H2. The summed E-state index contributed by atoms with van der Waals surface area (Å²) in [4.78, 5) is 0. The van der Waals surface area contributed by atoms with E-state index in [-0.39, 0.29) is 0 Å². The van der Waals surface area contributed by atoms with Crippen molar-refractivity contribution < 1.29 is 8.85 Å². The molecule has 0 aromatic heterocycles. The topological polar surface area (TPSA) is 44.5 Å². The molecule has 0 saturated heterocycles. The van der Waals surface area contributed by atoms with Crippen LogP contribution in [0.3, 0.4) is 0 Å². The van der Waals surface area contributed by atoms with Gasteiger partial charge in [0.05, 0.1) is 0 Å². The van der Waals surface area contributed by atoms with Crippen molar-refractivity contribution in [2.45, 2.75) is 32.9 Å². The second-order valence-corrected chi connectivity index (χ2v) is 6.24. The molecule has 0 aliphatic rings. The molecule has 0 amide bonds. The highest BCUT2D eigenvalue weighted by Gasteiger charge is 2.29. The van der Waals surface area contributed by atoms with E-state index in [1.807, 2.05) is 13.8 Å². The summed E-state index contributed by atoms with van der Waals surface area (Å²) >= 11 is 0. The molecule has 0 rings (SSSR count). The summed E-state index contributed by atoms with van der Waals surface area (Å²) in [5.41, 5.74) is 5.44. The summed E-state index contributed by atoms with van der Waals surface area (Å²) < 4.78 is 11.3. The molecule has 0 fully saturated rings. The highest BCUT2D eigenvalue weighted by atomic mass is 28.4. The summed E-state index contributed by atoms with van der Waals surface area (Å²) in [7, 11) is -1.85. The molecule has 4 heteroatoms. The minimum absolute atomic E-state index is 0.725. The van der Waals surface area contributed by atoms with Crippen molar-refractivity contribution in [2.24, 2.45) is 5.73 Å². The van der Waals surface area contributed by atoms with E-state index in [0.717, 1.165) is 32.2 Å². The Labute approximate surface area is 89.5 Å². The van der Waals surface area contributed by atoms with Gasteiger partial charge >= 0.3 is 8.56 Å². The third kappa shape index (κ3) is 8.44. The Bertz CT molecular complexity index is 117. The van der Waals surface area contributed by atoms with Crippen LogP contribution in [0.5, 0.6) is 0 Å². The second-order valence-electron chi connectivity index (χ2n) is 2.89. The lowest BCUT2D eigenvalue weighted by Gasteiger charge is -2.25. The Balaban J connectivity index is 0. The Kier molecular flexibility index (Phi) is 12.7. The van der Waals surface area contributed by atoms with Crippen LogP contribution in [0.15, 0.2) is 13.2 Å². The van der Waals surface area contributed by atoms with E-state index in [4.69, 9.17) is 14.6 Å². The van der Waals surface area contributed by atoms with Gasteiger partial charge in [-0.05, 0) is 39.4 Å². The van der Waals surface area contributed by atoms with Crippen LogP contribution in [0.25, 0.3) is 0 Å². The minimum Gasteiger partial charge on any atom is -0.395 e. The van der Waals surface area contributed by atoms with Crippen LogP contribution < -0.4 is 5.73 Å². The first-order valence-electron chi connectivity index (χ1n) is 5.16. The van der Waals surface area contributed by atoms with Crippen LogP contribution in [-0.4, -0.2) is 28.3 Å². The summed E-state index contributed by atoms with van der Waals surface area (Å²) in [6.07, 6.45) is 1.00. The normalized spacial score (nSPS) is 10.6. The van der Waals surface area contributed by atoms with Crippen molar-refractivity contribution in [1.82, 2.24) is 0 Å². The van der Waals surface area contributed by atoms with Crippen molar-refractivity contribution in [3.8, 4) is 0 Å². The van der Waals surface area contributed by atoms with Crippen LogP contribution in [0.4, 0.5) is 0 Å². The Morgan fingerprint density at radius 2 is 1.57 bits per heavy atom. The fourth-order valence-electron chi connectivity index (χ4n) is 1.22. The lowest BCUT2D eigenvalue weighted by molar-refractivity contribution is 0.188. The van der Waals surface area contributed by atoms with Gasteiger partial charge in [-0.1, -0.05) is 0 Å². The molecule has 0 heterocycles. The van der Waals surface area contributed by atoms with Crippen molar-refractivity contribution in [3.63, 3.8) is 0 Å². The smallest absolute Gasteiger partial charge is 0.334 e. The lowest BCUT2D eigenvalue weighted by Crippen LogP contribution is -2.39. The molecule has 0 unspecified atom stereocenters. The van der Waals surface area contributed by atoms with Crippen molar-refractivity contribution >= 4 is 8.56 Å². The third-order valence-corrected chi connectivity index (χ3v) is 4.79. The van der Waals surface area contributed by atoms with E-state index in [1.165, 1.54) is 0 Å². The number of hydrogen-bond donors (Lipinski definition) is 1. The van der Waals surface area contributed by atoms with Gasteiger partial charge in [-0.15, -0.1) is 13.2 Å². The molecule has 14 heavy (non-hydrogen) atoms. The highest BCUT2D eigenvalue weighted by Crippen LogP contribution is 2.14. The number of rotatable bonds is 7. The van der Waals surface area contributed by atoms with Crippen LogP contribution >= 0.6 is 0 Å². The quantitative estimate of drug-likeness (QED) is 0.528. The van der Waals surface area contributed by atoms with Gasteiger partial charge in [0.15, 0.2) is 0 Å². The average molecular weight is 219 g/mol. The summed E-state index contributed by atoms with van der Waals surface area (Å²) in [5.74, 6) is 0. The van der Waals surface area contributed by atoms with Gasteiger partial charge in [0.25, 0.3) is 0 Å². The molecular weight excluding hydrogens is 194 g/mol. The predicted octanol–water partition coefficient (Wildman–Crippen LogP) is 2.28. The van der Waals surface area contributed by atoms with Gasteiger partial charge in [0.1, 0.15) is 0 Å². The van der Waals surface area contributed by atoms with E-state index < -0.39 is 8.56 Å². The summed E-state index contributed by atoms with van der Waals surface area (Å²) in [5, 5.41) is 0. The molecule has 0 radical (unpaired) electrons. The Hall–Kier alpha value is -0.163. The average Bonchev–Trinajstić information content (AvgIpc) is 2.19. The number of nitrogens with two attached hydrogens (primary N) is 1. The SMILES string of the molecule is C=C.CCO[Si](C)(CCCN)OCC. The second kappa shape index (κ2) is 10.9. The Morgan fingerprint density at radius 3 is 1.86 bits per heavy atom. The lowest BCUT2D eigenvalue weighted by atomic mass is 10.5. The van der Waals surface area contributed by atoms with Gasteiger partial charge < -0.3 is 14.6 Å². The zero-order valence-electron chi connectivity index (χ0n) is 9.84. The fraction of sp³-hybridized carbons (Fsp3) is 0.800.